The lowest BCUT2D eigenvalue weighted by Gasteiger charge is -2.13. The van der Waals surface area contributed by atoms with Gasteiger partial charge in [-0.15, -0.1) is 0 Å². The van der Waals surface area contributed by atoms with Gasteiger partial charge in [0.2, 0.25) is 0 Å². The van der Waals surface area contributed by atoms with E-state index in [0.717, 1.165) is 35.7 Å². The quantitative estimate of drug-likeness (QED) is 0.531. The predicted octanol–water partition coefficient (Wildman–Crippen LogP) is 5.05. The Morgan fingerprint density at radius 1 is 1.12 bits per heavy atom. The zero-order valence-corrected chi connectivity index (χ0v) is 15.7. The van der Waals surface area contributed by atoms with Gasteiger partial charge in [0, 0.05) is 18.0 Å². The molecule has 0 amide bonds. The second kappa shape index (κ2) is 9.64. The predicted molar refractivity (Wildman–Crippen MR) is 107 cm³/mol. The minimum absolute atomic E-state index is 0.183. The van der Waals surface area contributed by atoms with Crippen LogP contribution in [0.1, 0.15) is 23.1 Å². The topological polar surface area (TPSA) is 24.1 Å². The van der Waals surface area contributed by atoms with Crippen LogP contribution in [0.15, 0.2) is 42.5 Å². The molecule has 2 aromatic carbocycles. The molecule has 2 aromatic rings. The highest BCUT2D eigenvalue weighted by molar-refractivity contribution is 7.98. The lowest BCUT2D eigenvalue weighted by molar-refractivity contribution is 0.627. The van der Waals surface area contributed by atoms with Gasteiger partial charge in [-0.25, -0.2) is 4.39 Å². The van der Waals surface area contributed by atoms with Crippen LogP contribution >= 0.6 is 24.0 Å². The molecule has 2 rings (SSSR count). The first-order valence-electron chi connectivity index (χ1n) is 7.99. The molecule has 0 saturated heterocycles. The monoisotopic (exact) mass is 362 g/mol. The van der Waals surface area contributed by atoms with Crippen LogP contribution in [0.5, 0.6) is 0 Å². The molecule has 0 unspecified atom stereocenters. The van der Waals surface area contributed by atoms with Gasteiger partial charge in [-0.2, -0.15) is 11.8 Å². The molecule has 128 valence electrons. The van der Waals surface area contributed by atoms with Crippen LogP contribution in [0, 0.1) is 19.7 Å². The molecule has 0 radical (unpaired) electrons. The molecule has 2 nitrogen and oxygen atoms in total. The smallest absolute Gasteiger partial charge is 0.170 e. The number of thiocarbonyl (C=S) groups is 1. The van der Waals surface area contributed by atoms with Crippen LogP contribution in [0.4, 0.5) is 10.1 Å². The molecule has 0 heterocycles. The number of anilines is 1. The maximum Gasteiger partial charge on any atom is 0.170 e. The van der Waals surface area contributed by atoms with Gasteiger partial charge in [-0.05, 0) is 67.6 Å². The standard InChI is InChI=1S/C19H23FN2S2/c1-14-4-9-18(15(2)12-14)22-19(23)21-10-3-11-24-13-16-5-7-17(20)8-6-16/h4-9,12H,3,10-11,13H2,1-2H3,(H2,21,22,23). The first-order chi connectivity index (χ1) is 11.5. The van der Waals surface area contributed by atoms with Gasteiger partial charge in [0.25, 0.3) is 0 Å². The summed E-state index contributed by atoms with van der Waals surface area (Å²) >= 11 is 7.18. The number of rotatable bonds is 7. The highest BCUT2D eigenvalue weighted by atomic mass is 32.2. The first-order valence-corrected chi connectivity index (χ1v) is 9.55. The van der Waals surface area contributed by atoms with E-state index in [0.29, 0.717) is 5.11 Å². The second-order valence-electron chi connectivity index (χ2n) is 5.73. The molecule has 0 aliphatic carbocycles. The Bertz CT molecular complexity index is 672. The number of benzene rings is 2. The van der Waals surface area contributed by atoms with Gasteiger partial charge in [-0.3, -0.25) is 0 Å². The maximum absolute atomic E-state index is 12.8. The fourth-order valence-electron chi connectivity index (χ4n) is 2.27. The molecule has 0 aliphatic rings. The van der Waals surface area contributed by atoms with Crippen molar-refractivity contribution in [1.29, 1.82) is 0 Å². The van der Waals surface area contributed by atoms with Crippen LogP contribution in [0.2, 0.25) is 0 Å². The van der Waals surface area contributed by atoms with Crippen LogP contribution in [-0.2, 0) is 5.75 Å². The summed E-state index contributed by atoms with van der Waals surface area (Å²) < 4.78 is 12.8. The molecule has 0 aromatic heterocycles. The molecule has 0 spiro atoms. The highest BCUT2D eigenvalue weighted by Crippen LogP contribution is 2.16. The van der Waals surface area contributed by atoms with Crippen molar-refractivity contribution in [3.05, 3.63) is 65.0 Å². The van der Waals surface area contributed by atoms with Crippen molar-refractivity contribution in [1.82, 2.24) is 5.32 Å². The normalized spacial score (nSPS) is 10.5. The van der Waals surface area contributed by atoms with E-state index in [1.54, 1.807) is 0 Å². The van der Waals surface area contributed by atoms with Gasteiger partial charge in [0.15, 0.2) is 5.11 Å². The van der Waals surface area contributed by atoms with E-state index in [1.165, 1.54) is 23.3 Å². The largest absolute Gasteiger partial charge is 0.362 e. The Kier molecular flexibility index (Phi) is 7.53. The number of thioether (sulfide) groups is 1. The summed E-state index contributed by atoms with van der Waals surface area (Å²) in [5.74, 6) is 1.76. The van der Waals surface area contributed by atoms with Crippen molar-refractivity contribution in [3.8, 4) is 0 Å². The van der Waals surface area contributed by atoms with Gasteiger partial charge in [0.05, 0.1) is 0 Å². The van der Waals surface area contributed by atoms with E-state index < -0.39 is 0 Å². The summed E-state index contributed by atoms with van der Waals surface area (Å²) in [5.41, 5.74) is 4.63. The average Bonchev–Trinajstić information content (AvgIpc) is 2.55. The van der Waals surface area contributed by atoms with Crippen molar-refractivity contribution in [2.45, 2.75) is 26.0 Å². The Balaban J connectivity index is 1.60. The van der Waals surface area contributed by atoms with E-state index in [9.17, 15) is 4.39 Å². The van der Waals surface area contributed by atoms with Crippen molar-refractivity contribution < 1.29 is 4.39 Å². The molecule has 0 atom stereocenters. The summed E-state index contributed by atoms with van der Waals surface area (Å²) in [5, 5.41) is 7.13. The van der Waals surface area contributed by atoms with Crippen LogP contribution in [0.3, 0.4) is 0 Å². The molecular formula is C19H23FN2S2. The molecule has 0 fully saturated rings. The molecule has 2 N–H and O–H groups in total. The van der Waals surface area contributed by atoms with Gasteiger partial charge >= 0.3 is 0 Å². The van der Waals surface area contributed by atoms with Gasteiger partial charge in [0.1, 0.15) is 5.82 Å². The third-order valence-electron chi connectivity index (χ3n) is 3.56. The maximum atomic E-state index is 12.8. The minimum Gasteiger partial charge on any atom is -0.362 e. The molecule has 0 saturated carbocycles. The van der Waals surface area contributed by atoms with E-state index in [4.69, 9.17) is 12.2 Å². The Hall–Kier alpha value is -1.59. The van der Waals surface area contributed by atoms with Crippen molar-refractivity contribution >= 4 is 34.8 Å². The van der Waals surface area contributed by atoms with Crippen LogP contribution in [0.25, 0.3) is 0 Å². The summed E-state index contributed by atoms with van der Waals surface area (Å²) in [6, 6.07) is 13.0. The van der Waals surface area contributed by atoms with Crippen LogP contribution < -0.4 is 10.6 Å². The Labute approximate surface area is 153 Å². The highest BCUT2D eigenvalue weighted by Gasteiger charge is 2.01. The van der Waals surface area contributed by atoms with E-state index in [1.807, 2.05) is 23.9 Å². The van der Waals surface area contributed by atoms with Crippen molar-refractivity contribution in [3.63, 3.8) is 0 Å². The zero-order chi connectivity index (χ0) is 17.4. The summed E-state index contributed by atoms with van der Waals surface area (Å²) in [4.78, 5) is 0. The van der Waals surface area contributed by atoms with Gasteiger partial charge in [-0.1, -0.05) is 29.8 Å². The zero-order valence-electron chi connectivity index (χ0n) is 14.1. The third-order valence-corrected chi connectivity index (χ3v) is 4.92. The SMILES string of the molecule is Cc1ccc(NC(=S)NCCCSCc2ccc(F)cc2)c(C)c1. The van der Waals surface area contributed by atoms with E-state index >= 15 is 0 Å². The molecule has 5 heteroatoms. The summed E-state index contributed by atoms with van der Waals surface area (Å²) in [6.45, 7) is 4.99. The number of hydrogen-bond acceptors (Lipinski definition) is 2. The number of aryl methyl sites for hydroxylation is 2. The second-order valence-corrected chi connectivity index (χ2v) is 7.25. The van der Waals surface area contributed by atoms with E-state index in [-0.39, 0.29) is 5.82 Å². The third kappa shape index (κ3) is 6.49. The number of nitrogens with one attached hydrogen (secondary N) is 2. The fraction of sp³-hybridized carbons (Fsp3) is 0.316. The van der Waals surface area contributed by atoms with Gasteiger partial charge < -0.3 is 10.6 Å². The molecule has 0 bridgehead atoms. The molecular weight excluding hydrogens is 339 g/mol. The summed E-state index contributed by atoms with van der Waals surface area (Å²) in [7, 11) is 0. The Morgan fingerprint density at radius 2 is 1.88 bits per heavy atom. The molecule has 0 aliphatic heterocycles. The Morgan fingerprint density at radius 3 is 2.58 bits per heavy atom. The van der Waals surface area contributed by atoms with E-state index in [2.05, 4.69) is 42.7 Å². The van der Waals surface area contributed by atoms with Crippen molar-refractivity contribution in [2.75, 3.05) is 17.6 Å². The lowest BCUT2D eigenvalue weighted by Crippen LogP contribution is -2.29. The number of halogens is 1. The van der Waals surface area contributed by atoms with Crippen LogP contribution in [-0.4, -0.2) is 17.4 Å². The first kappa shape index (κ1) is 18.7. The summed E-state index contributed by atoms with van der Waals surface area (Å²) in [6.07, 6.45) is 1.03. The average molecular weight is 363 g/mol. The minimum atomic E-state index is -0.183. The van der Waals surface area contributed by atoms with Crippen molar-refractivity contribution in [2.24, 2.45) is 0 Å². The molecule has 24 heavy (non-hydrogen) atoms. The lowest BCUT2D eigenvalue weighted by atomic mass is 10.1. The number of hydrogen-bond donors (Lipinski definition) is 2. The fourth-order valence-corrected chi connectivity index (χ4v) is 3.40.